The SMILES string of the molecule is CC[C@H]1[C@H](C)C[C@H]2[C@@H]3CCC4=CCC=C[C@]4(C)[C@@]3(F)CC[C@]12C. The van der Waals surface area contributed by atoms with Crippen molar-refractivity contribution in [2.75, 3.05) is 0 Å². The largest absolute Gasteiger partial charge is 0.242 e. The van der Waals surface area contributed by atoms with Crippen LogP contribution in [0.5, 0.6) is 0 Å². The molecule has 0 unspecified atom stereocenters. The van der Waals surface area contributed by atoms with Crippen LogP contribution in [0, 0.1) is 34.5 Å². The number of hydrogen-bond donors (Lipinski definition) is 0. The molecule has 0 amide bonds. The van der Waals surface area contributed by atoms with E-state index in [-0.39, 0.29) is 11.3 Å². The molecule has 0 nitrogen and oxygen atoms in total. The lowest BCUT2D eigenvalue weighted by Gasteiger charge is -2.60. The summed E-state index contributed by atoms with van der Waals surface area (Å²) in [6.45, 7) is 9.46. The van der Waals surface area contributed by atoms with E-state index in [1.165, 1.54) is 18.4 Å². The van der Waals surface area contributed by atoms with Crippen LogP contribution in [0.4, 0.5) is 4.39 Å². The average molecular weight is 317 g/mol. The van der Waals surface area contributed by atoms with Gasteiger partial charge >= 0.3 is 0 Å². The average Bonchev–Trinajstić information content (AvgIpc) is 2.78. The second-order valence-corrected chi connectivity index (χ2v) is 9.42. The fraction of sp³-hybridized carbons (Fsp3) is 0.818. The van der Waals surface area contributed by atoms with Gasteiger partial charge in [-0.1, -0.05) is 51.0 Å². The van der Waals surface area contributed by atoms with E-state index < -0.39 is 5.67 Å². The van der Waals surface area contributed by atoms with Gasteiger partial charge in [0.15, 0.2) is 0 Å². The van der Waals surface area contributed by atoms with Crippen LogP contribution in [0.3, 0.4) is 0 Å². The lowest BCUT2D eigenvalue weighted by atomic mass is 9.46. The van der Waals surface area contributed by atoms with Gasteiger partial charge in [-0.05, 0) is 74.5 Å². The lowest BCUT2D eigenvalue weighted by molar-refractivity contribution is -0.126. The van der Waals surface area contributed by atoms with E-state index in [2.05, 4.69) is 45.9 Å². The number of halogens is 1. The molecular weight excluding hydrogens is 283 g/mol. The molecule has 7 atom stereocenters. The molecule has 3 fully saturated rings. The molecule has 0 radical (unpaired) electrons. The summed E-state index contributed by atoms with van der Waals surface area (Å²) >= 11 is 0. The van der Waals surface area contributed by atoms with Crippen LogP contribution in [0.15, 0.2) is 23.8 Å². The van der Waals surface area contributed by atoms with Crippen molar-refractivity contribution in [2.45, 2.75) is 78.3 Å². The first-order valence-corrected chi connectivity index (χ1v) is 9.93. The number of alkyl halides is 1. The Morgan fingerprint density at radius 2 is 2.00 bits per heavy atom. The van der Waals surface area contributed by atoms with Crippen molar-refractivity contribution in [1.82, 2.24) is 0 Å². The van der Waals surface area contributed by atoms with Crippen molar-refractivity contribution in [3.63, 3.8) is 0 Å². The minimum absolute atomic E-state index is 0.269. The second-order valence-electron chi connectivity index (χ2n) is 9.42. The van der Waals surface area contributed by atoms with Gasteiger partial charge in [-0.25, -0.2) is 4.39 Å². The Kier molecular flexibility index (Phi) is 3.43. The zero-order valence-corrected chi connectivity index (χ0v) is 15.4. The molecule has 0 bridgehead atoms. The van der Waals surface area contributed by atoms with Crippen molar-refractivity contribution in [3.05, 3.63) is 23.8 Å². The predicted molar refractivity (Wildman–Crippen MR) is 94.9 cm³/mol. The van der Waals surface area contributed by atoms with Crippen LogP contribution < -0.4 is 0 Å². The van der Waals surface area contributed by atoms with Gasteiger partial charge in [0.1, 0.15) is 5.67 Å². The molecular formula is C22H33F. The van der Waals surface area contributed by atoms with Gasteiger partial charge in [0.05, 0.1) is 0 Å². The van der Waals surface area contributed by atoms with Crippen LogP contribution in [0.1, 0.15) is 72.6 Å². The maximum absolute atomic E-state index is 16.6. The Labute approximate surface area is 141 Å². The topological polar surface area (TPSA) is 0 Å². The molecule has 0 heterocycles. The Morgan fingerprint density at radius 3 is 2.74 bits per heavy atom. The van der Waals surface area contributed by atoms with Crippen molar-refractivity contribution in [3.8, 4) is 0 Å². The van der Waals surface area contributed by atoms with Gasteiger partial charge in [0, 0.05) is 5.41 Å². The summed E-state index contributed by atoms with van der Waals surface area (Å²) in [5.41, 5.74) is 0.425. The summed E-state index contributed by atoms with van der Waals surface area (Å²) in [7, 11) is 0. The Balaban J connectivity index is 1.75. The normalized spacial score (nSPS) is 54.9. The standard InChI is InChI=1S/C22H33F/c1-5-17-15(2)14-19-18-10-9-16-8-6-7-11-21(16,4)22(18,23)13-12-20(17,19)3/h7-8,11,15,17-19H,5-6,9-10,12-14H2,1-4H3/t15-,17+,18+,19+,20-,21+,22-/m1/s1. The van der Waals surface area contributed by atoms with Crippen LogP contribution in [-0.2, 0) is 0 Å². The van der Waals surface area contributed by atoms with E-state index in [4.69, 9.17) is 0 Å². The van der Waals surface area contributed by atoms with Gasteiger partial charge in [0.25, 0.3) is 0 Å². The fourth-order valence-corrected chi connectivity index (χ4v) is 7.56. The number of rotatable bonds is 1. The molecule has 0 aromatic rings. The lowest BCUT2D eigenvalue weighted by Crippen LogP contribution is -2.59. The maximum atomic E-state index is 16.6. The predicted octanol–water partition coefficient (Wildman–Crippen LogP) is 6.48. The number of allylic oxidation sites excluding steroid dienone is 4. The zero-order valence-electron chi connectivity index (χ0n) is 15.4. The van der Waals surface area contributed by atoms with Gasteiger partial charge in [-0.15, -0.1) is 0 Å². The quantitative estimate of drug-likeness (QED) is 0.486. The van der Waals surface area contributed by atoms with E-state index in [9.17, 15) is 0 Å². The molecule has 23 heavy (non-hydrogen) atoms. The van der Waals surface area contributed by atoms with Crippen molar-refractivity contribution >= 4 is 0 Å². The summed E-state index contributed by atoms with van der Waals surface area (Å²) in [5, 5.41) is 0. The highest BCUT2D eigenvalue weighted by Gasteiger charge is 2.66. The van der Waals surface area contributed by atoms with E-state index in [0.29, 0.717) is 11.3 Å². The third-order valence-electron chi connectivity index (χ3n) is 8.75. The zero-order chi connectivity index (χ0) is 16.5. The summed E-state index contributed by atoms with van der Waals surface area (Å²) in [6.07, 6.45) is 14.3. The molecule has 3 saturated carbocycles. The van der Waals surface area contributed by atoms with E-state index >= 15 is 4.39 Å². The minimum Gasteiger partial charge on any atom is -0.242 e. The molecule has 4 aliphatic rings. The molecule has 0 spiro atoms. The van der Waals surface area contributed by atoms with Crippen LogP contribution >= 0.6 is 0 Å². The number of hydrogen-bond acceptors (Lipinski definition) is 0. The molecule has 0 N–H and O–H groups in total. The Morgan fingerprint density at radius 1 is 1.22 bits per heavy atom. The third-order valence-corrected chi connectivity index (χ3v) is 8.75. The van der Waals surface area contributed by atoms with Crippen molar-refractivity contribution in [2.24, 2.45) is 34.5 Å². The molecule has 1 heteroatoms. The molecule has 0 aromatic carbocycles. The van der Waals surface area contributed by atoms with Crippen LogP contribution in [0.25, 0.3) is 0 Å². The van der Waals surface area contributed by atoms with Crippen LogP contribution in [0.2, 0.25) is 0 Å². The summed E-state index contributed by atoms with van der Waals surface area (Å²) in [6, 6.07) is 0. The van der Waals surface area contributed by atoms with Crippen LogP contribution in [-0.4, -0.2) is 5.67 Å². The number of fused-ring (bicyclic) bond motifs is 5. The fourth-order valence-electron chi connectivity index (χ4n) is 7.56. The monoisotopic (exact) mass is 316 g/mol. The summed E-state index contributed by atoms with van der Waals surface area (Å²) < 4.78 is 16.6. The molecule has 4 rings (SSSR count). The first-order valence-electron chi connectivity index (χ1n) is 9.93. The van der Waals surface area contributed by atoms with E-state index in [1.54, 1.807) is 0 Å². The maximum Gasteiger partial charge on any atom is 0.126 e. The third kappa shape index (κ3) is 1.83. The van der Waals surface area contributed by atoms with E-state index in [0.717, 1.165) is 43.9 Å². The molecule has 0 aliphatic heterocycles. The van der Waals surface area contributed by atoms with Crippen molar-refractivity contribution in [1.29, 1.82) is 0 Å². The summed E-state index contributed by atoms with van der Waals surface area (Å²) in [4.78, 5) is 0. The molecule has 0 aromatic heterocycles. The smallest absolute Gasteiger partial charge is 0.126 e. The van der Waals surface area contributed by atoms with Gasteiger partial charge < -0.3 is 0 Å². The van der Waals surface area contributed by atoms with Crippen molar-refractivity contribution < 1.29 is 4.39 Å². The highest BCUT2D eigenvalue weighted by Crippen LogP contribution is 2.70. The molecule has 128 valence electrons. The Bertz CT molecular complexity index is 560. The summed E-state index contributed by atoms with van der Waals surface area (Å²) in [5.74, 6) is 2.42. The second kappa shape index (κ2) is 4.96. The first-order chi connectivity index (χ1) is 10.9. The highest BCUT2D eigenvalue weighted by molar-refractivity contribution is 5.36. The van der Waals surface area contributed by atoms with Gasteiger partial charge in [0.2, 0.25) is 0 Å². The highest BCUT2D eigenvalue weighted by atomic mass is 19.1. The first kappa shape index (κ1) is 15.9. The molecule has 0 saturated heterocycles. The molecule has 4 aliphatic carbocycles. The van der Waals surface area contributed by atoms with Gasteiger partial charge in [-0.2, -0.15) is 0 Å². The minimum atomic E-state index is -1.01. The van der Waals surface area contributed by atoms with Gasteiger partial charge in [-0.3, -0.25) is 0 Å². The Hall–Kier alpha value is -0.590. The van der Waals surface area contributed by atoms with E-state index in [1.807, 2.05) is 0 Å².